The zero-order valence-electron chi connectivity index (χ0n) is 14.2. The van der Waals surface area contributed by atoms with E-state index in [1.54, 1.807) is 0 Å². The Morgan fingerprint density at radius 1 is 1.22 bits per heavy atom. The standard InChI is InChI=1S/C19H27N3O/c1-15-12-20-19(22(15)16(2)14-23)18-8-10-21(11-9-18)13-17-6-4-3-5-7-17/h3-7,12,16,18,23H,8-11,13-14H2,1-2H3/t16-/m1/s1. The zero-order valence-corrected chi connectivity index (χ0v) is 14.2. The number of aliphatic hydroxyl groups is 1. The molecule has 3 rings (SSSR count). The van der Waals surface area contributed by atoms with Crippen LogP contribution in [0.25, 0.3) is 0 Å². The first-order chi connectivity index (χ1) is 11.2. The van der Waals surface area contributed by atoms with Gasteiger partial charge in [-0.2, -0.15) is 0 Å². The maximum atomic E-state index is 9.50. The molecule has 1 aliphatic rings. The molecular weight excluding hydrogens is 286 g/mol. The smallest absolute Gasteiger partial charge is 0.112 e. The summed E-state index contributed by atoms with van der Waals surface area (Å²) in [5.74, 6) is 1.66. The highest BCUT2D eigenvalue weighted by Crippen LogP contribution is 2.30. The molecule has 0 unspecified atom stereocenters. The lowest BCUT2D eigenvalue weighted by atomic mass is 9.95. The van der Waals surface area contributed by atoms with Gasteiger partial charge in [0.2, 0.25) is 0 Å². The van der Waals surface area contributed by atoms with E-state index in [1.165, 1.54) is 5.56 Å². The molecule has 0 radical (unpaired) electrons. The number of aliphatic hydroxyl groups excluding tert-OH is 1. The molecule has 0 aliphatic carbocycles. The van der Waals surface area contributed by atoms with Crippen molar-refractivity contribution >= 4 is 0 Å². The summed E-state index contributed by atoms with van der Waals surface area (Å²) < 4.78 is 2.22. The Hall–Kier alpha value is -1.65. The molecule has 1 aromatic heterocycles. The van der Waals surface area contributed by atoms with Crippen LogP contribution in [0, 0.1) is 6.92 Å². The van der Waals surface area contributed by atoms with Crippen LogP contribution >= 0.6 is 0 Å². The second kappa shape index (κ2) is 7.28. The van der Waals surface area contributed by atoms with Gasteiger partial charge < -0.3 is 9.67 Å². The summed E-state index contributed by atoms with van der Waals surface area (Å²) in [6, 6.07) is 10.8. The normalized spacial score (nSPS) is 18.2. The molecule has 2 aromatic rings. The summed E-state index contributed by atoms with van der Waals surface area (Å²) in [7, 11) is 0. The number of aromatic nitrogens is 2. The third kappa shape index (κ3) is 3.65. The molecule has 1 aromatic carbocycles. The van der Waals surface area contributed by atoms with E-state index in [0.29, 0.717) is 5.92 Å². The van der Waals surface area contributed by atoms with Gasteiger partial charge in [-0.3, -0.25) is 4.90 Å². The number of benzene rings is 1. The van der Waals surface area contributed by atoms with Crippen LogP contribution < -0.4 is 0 Å². The van der Waals surface area contributed by atoms with Crippen LogP contribution in [0.15, 0.2) is 36.5 Å². The monoisotopic (exact) mass is 313 g/mol. The largest absolute Gasteiger partial charge is 0.394 e. The van der Waals surface area contributed by atoms with E-state index >= 15 is 0 Å². The van der Waals surface area contributed by atoms with E-state index in [2.05, 4.69) is 58.6 Å². The topological polar surface area (TPSA) is 41.3 Å². The molecule has 1 saturated heterocycles. The van der Waals surface area contributed by atoms with Crippen molar-refractivity contribution in [1.29, 1.82) is 0 Å². The Labute approximate surface area is 138 Å². The highest BCUT2D eigenvalue weighted by molar-refractivity contribution is 5.15. The maximum Gasteiger partial charge on any atom is 0.112 e. The van der Waals surface area contributed by atoms with Gasteiger partial charge >= 0.3 is 0 Å². The minimum Gasteiger partial charge on any atom is -0.394 e. The van der Waals surface area contributed by atoms with E-state index in [9.17, 15) is 5.11 Å². The fraction of sp³-hybridized carbons (Fsp3) is 0.526. The van der Waals surface area contributed by atoms with E-state index in [-0.39, 0.29) is 12.6 Å². The molecule has 0 bridgehead atoms. The van der Waals surface area contributed by atoms with Gasteiger partial charge in [0.25, 0.3) is 0 Å². The van der Waals surface area contributed by atoms with Gasteiger partial charge in [-0.1, -0.05) is 30.3 Å². The first-order valence-corrected chi connectivity index (χ1v) is 8.60. The quantitative estimate of drug-likeness (QED) is 0.922. The van der Waals surface area contributed by atoms with E-state index in [0.717, 1.165) is 44.0 Å². The molecule has 4 nitrogen and oxygen atoms in total. The SMILES string of the molecule is Cc1cnc(C2CCN(Cc3ccccc3)CC2)n1[C@H](C)CO. The van der Waals surface area contributed by atoms with Crippen LogP contribution in [0.4, 0.5) is 0 Å². The van der Waals surface area contributed by atoms with Gasteiger partial charge in [-0.25, -0.2) is 4.98 Å². The van der Waals surface area contributed by atoms with Crippen molar-refractivity contribution in [3.63, 3.8) is 0 Å². The Morgan fingerprint density at radius 2 is 1.91 bits per heavy atom. The molecule has 0 amide bonds. The Balaban J connectivity index is 1.63. The van der Waals surface area contributed by atoms with Gasteiger partial charge in [0.1, 0.15) is 5.82 Å². The number of nitrogens with zero attached hydrogens (tertiary/aromatic N) is 3. The molecule has 1 aliphatic heterocycles. The molecule has 0 spiro atoms. The highest BCUT2D eigenvalue weighted by atomic mass is 16.3. The van der Waals surface area contributed by atoms with Gasteiger partial charge in [-0.15, -0.1) is 0 Å². The first kappa shape index (κ1) is 16.2. The fourth-order valence-corrected chi connectivity index (χ4v) is 3.61. The van der Waals surface area contributed by atoms with Gasteiger partial charge in [-0.05, 0) is 45.3 Å². The van der Waals surface area contributed by atoms with Crippen molar-refractivity contribution in [2.24, 2.45) is 0 Å². The van der Waals surface area contributed by atoms with E-state index in [1.807, 2.05) is 6.20 Å². The average Bonchev–Trinajstić information content (AvgIpc) is 2.97. The Bertz CT molecular complexity index is 615. The number of imidazole rings is 1. The predicted octanol–water partition coefficient (Wildman–Crippen LogP) is 3.12. The van der Waals surface area contributed by atoms with Crippen LogP contribution in [0.3, 0.4) is 0 Å². The highest BCUT2D eigenvalue weighted by Gasteiger charge is 2.26. The van der Waals surface area contributed by atoms with Crippen molar-refractivity contribution in [2.75, 3.05) is 19.7 Å². The number of likely N-dealkylation sites (tertiary alicyclic amines) is 1. The fourth-order valence-electron chi connectivity index (χ4n) is 3.61. The lowest BCUT2D eigenvalue weighted by molar-refractivity contribution is 0.193. The van der Waals surface area contributed by atoms with Gasteiger partial charge in [0, 0.05) is 24.4 Å². The molecule has 1 N–H and O–H groups in total. The lowest BCUT2D eigenvalue weighted by Gasteiger charge is -2.32. The van der Waals surface area contributed by atoms with Crippen LogP contribution in [0.2, 0.25) is 0 Å². The maximum absolute atomic E-state index is 9.50. The molecular formula is C19H27N3O. The molecule has 2 heterocycles. The summed E-state index contributed by atoms with van der Waals surface area (Å²) in [4.78, 5) is 7.18. The average molecular weight is 313 g/mol. The molecule has 0 saturated carbocycles. The van der Waals surface area contributed by atoms with Crippen molar-refractivity contribution < 1.29 is 5.11 Å². The van der Waals surface area contributed by atoms with Gasteiger partial charge in [0.05, 0.1) is 12.6 Å². The van der Waals surface area contributed by atoms with Crippen molar-refractivity contribution in [1.82, 2.24) is 14.5 Å². The summed E-state index contributed by atoms with van der Waals surface area (Å²) in [5, 5.41) is 9.50. The lowest BCUT2D eigenvalue weighted by Crippen LogP contribution is -2.33. The van der Waals surface area contributed by atoms with Crippen LogP contribution in [0.5, 0.6) is 0 Å². The van der Waals surface area contributed by atoms with E-state index in [4.69, 9.17) is 0 Å². The molecule has 4 heteroatoms. The van der Waals surface area contributed by atoms with Crippen molar-refractivity contribution in [3.8, 4) is 0 Å². The second-order valence-electron chi connectivity index (χ2n) is 6.70. The number of aryl methyl sites for hydroxylation is 1. The number of hydrogen-bond acceptors (Lipinski definition) is 3. The third-order valence-corrected chi connectivity index (χ3v) is 4.92. The third-order valence-electron chi connectivity index (χ3n) is 4.92. The molecule has 1 fully saturated rings. The van der Waals surface area contributed by atoms with Crippen molar-refractivity contribution in [2.45, 2.75) is 45.2 Å². The summed E-state index contributed by atoms with van der Waals surface area (Å²) >= 11 is 0. The van der Waals surface area contributed by atoms with Crippen molar-refractivity contribution in [3.05, 3.63) is 53.6 Å². The van der Waals surface area contributed by atoms with Crippen LogP contribution in [0.1, 0.15) is 48.8 Å². The van der Waals surface area contributed by atoms with Crippen LogP contribution in [-0.2, 0) is 6.54 Å². The minimum atomic E-state index is 0.106. The predicted molar refractivity (Wildman–Crippen MR) is 92.5 cm³/mol. The molecule has 23 heavy (non-hydrogen) atoms. The van der Waals surface area contributed by atoms with Crippen LogP contribution in [-0.4, -0.2) is 39.3 Å². The summed E-state index contributed by atoms with van der Waals surface area (Å²) in [5.41, 5.74) is 2.53. The molecule has 124 valence electrons. The van der Waals surface area contributed by atoms with Gasteiger partial charge in [0.15, 0.2) is 0 Å². The Kier molecular flexibility index (Phi) is 5.13. The summed E-state index contributed by atoms with van der Waals surface area (Å²) in [6.45, 7) is 7.55. The second-order valence-corrected chi connectivity index (χ2v) is 6.70. The minimum absolute atomic E-state index is 0.106. The summed E-state index contributed by atoms with van der Waals surface area (Å²) in [6.07, 6.45) is 4.22. The van der Waals surface area contributed by atoms with E-state index < -0.39 is 0 Å². The molecule has 1 atom stereocenters. The number of piperidine rings is 1. The Morgan fingerprint density at radius 3 is 2.57 bits per heavy atom. The number of rotatable bonds is 5. The number of hydrogen-bond donors (Lipinski definition) is 1. The first-order valence-electron chi connectivity index (χ1n) is 8.60. The zero-order chi connectivity index (χ0) is 16.2.